The highest BCUT2D eigenvalue weighted by atomic mass is 32.2. The molecule has 5 nitrogen and oxygen atoms in total. The van der Waals surface area contributed by atoms with Gasteiger partial charge in [0.2, 0.25) is 0 Å². The van der Waals surface area contributed by atoms with Gasteiger partial charge in [0.25, 0.3) is 0 Å². The number of benzene rings is 1. The summed E-state index contributed by atoms with van der Waals surface area (Å²) in [5, 5.41) is 22.7. The van der Waals surface area contributed by atoms with Crippen molar-refractivity contribution in [2.45, 2.75) is 17.8 Å². The van der Waals surface area contributed by atoms with Crippen molar-refractivity contribution in [1.29, 1.82) is 0 Å². The zero-order chi connectivity index (χ0) is 13.4. The van der Waals surface area contributed by atoms with Gasteiger partial charge in [0, 0.05) is 22.9 Å². The molecule has 2 aromatic rings. The van der Waals surface area contributed by atoms with Crippen LogP contribution in [0.3, 0.4) is 0 Å². The van der Waals surface area contributed by atoms with E-state index in [0.717, 1.165) is 22.9 Å². The standard InChI is InChI=1S/C13H14N2O3S/c16-8-1-2-10-9(4-8)7(5-14-10)3-12-15-11(6-19-12)13(17)18/h1-2,4-5,11-12,14-16H,3,6H2,(H,17,18). The lowest BCUT2D eigenvalue weighted by Crippen LogP contribution is -2.37. The van der Waals surface area contributed by atoms with Gasteiger partial charge >= 0.3 is 5.97 Å². The van der Waals surface area contributed by atoms with Gasteiger partial charge in [0.15, 0.2) is 0 Å². The number of thioether (sulfide) groups is 1. The Morgan fingerprint density at radius 3 is 3.05 bits per heavy atom. The first-order valence-corrected chi connectivity index (χ1v) is 7.08. The number of nitrogens with one attached hydrogen (secondary N) is 2. The average Bonchev–Trinajstić information content (AvgIpc) is 2.98. The van der Waals surface area contributed by atoms with Crippen LogP contribution >= 0.6 is 11.8 Å². The minimum Gasteiger partial charge on any atom is -0.508 e. The average molecular weight is 278 g/mol. The Kier molecular flexibility index (Phi) is 3.12. The molecule has 2 unspecified atom stereocenters. The number of aromatic hydroxyl groups is 1. The molecule has 1 fully saturated rings. The molecule has 1 saturated heterocycles. The Morgan fingerprint density at radius 2 is 2.32 bits per heavy atom. The number of rotatable bonds is 3. The fourth-order valence-corrected chi connectivity index (χ4v) is 3.55. The summed E-state index contributed by atoms with van der Waals surface area (Å²) in [6.45, 7) is 0. The molecule has 1 aliphatic rings. The highest BCUT2D eigenvalue weighted by Gasteiger charge is 2.29. The molecule has 2 heterocycles. The molecule has 1 aromatic carbocycles. The number of hydrogen-bond donors (Lipinski definition) is 4. The van der Waals surface area contributed by atoms with E-state index in [4.69, 9.17) is 5.11 Å². The van der Waals surface area contributed by atoms with Gasteiger partial charge in [-0.1, -0.05) is 0 Å². The third kappa shape index (κ3) is 2.41. The highest BCUT2D eigenvalue weighted by molar-refractivity contribution is 8.00. The Hall–Kier alpha value is -1.66. The molecule has 4 N–H and O–H groups in total. The second kappa shape index (κ2) is 4.79. The van der Waals surface area contributed by atoms with Crippen LogP contribution in [0.1, 0.15) is 5.56 Å². The van der Waals surface area contributed by atoms with Gasteiger partial charge in [-0.3, -0.25) is 10.1 Å². The van der Waals surface area contributed by atoms with Crippen LogP contribution in [-0.2, 0) is 11.2 Å². The summed E-state index contributed by atoms with van der Waals surface area (Å²) < 4.78 is 0. The molecule has 1 aromatic heterocycles. The van der Waals surface area contributed by atoms with E-state index in [1.54, 1.807) is 23.9 Å². The number of aromatic amines is 1. The van der Waals surface area contributed by atoms with E-state index in [9.17, 15) is 9.90 Å². The third-order valence-electron chi connectivity index (χ3n) is 3.31. The maximum atomic E-state index is 10.9. The molecule has 0 bridgehead atoms. The predicted molar refractivity (Wildman–Crippen MR) is 74.5 cm³/mol. The monoisotopic (exact) mass is 278 g/mol. The van der Waals surface area contributed by atoms with Crippen molar-refractivity contribution in [3.05, 3.63) is 30.0 Å². The molecule has 0 saturated carbocycles. The number of phenols is 1. The normalized spacial score (nSPS) is 22.9. The molecule has 1 aliphatic heterocycles. The van der Waals surface area contributed by atoms with Crippen molar-refractivity contribution in [2.75, 3.05) is 5.75 Å². The topological polar surface area (TPSA) is 85.3 Å². The van der Waals surface area contributed by atoms with Crippen LogP contribution in [-0.4, -0.2) is 38.3 Å². The Morgan fingerprint density at radius 1 is 1.47 bits per heavy atom. The first kappa shape index (κ1) is 12.4. The lowest BCUT2D eigenvalue weighted by Gasteiger charge is -2.10. The molecule has 6 heteroatoms. The van der Waals surface area contributed by atoms with Crippen molar-refractivity contribution >= 4 is 28.6 Å². The summed E-state index contributed by atoms with van der Waals surface area (Å²) >= 11 is 1.62. The van der Waals surface area contributed by atoms with Crippen LogP contribution < -0.4 is 5.32 Å². The van der Waals surface area contributed by atoms with Gasteiger partial charge < -0.3 is 15.2 Å². The number of aromatic nitrogens is 1. The van der Waals surface area contributed by atoms with Crippen LogP contribution in [0.4, 0.5) is 0 Å². The van der Waals surface area contributed by atoms with E-state index in [0.29, 0.717) is 5.75 Å². The summed E-state index contributed by atoms with van der Waals surface area (Å²) in [4.78, 5) is 14.1. The fourth-order valence-electron chi connectivity index (χ4n) is 2.33. The number of carboxylic acids is 1. The van der Waals surface area contributed by atoms with Crippen LogP contribution in [0.25, 0.3) is 10.9 Å². The number of aliphatic carboxylic acids is 1. The zero-order valence-corrected chi connectivity index (χ0v) is 10.9. The Balaban J connectivity index is 1.79. The number of carbonyl (C=O) groups is 1. The zero-order valence-electron chi connectivity index (χ0n) is 10.1. The minimum atomic E-state index is -0.799. The van der Waals surface area contributed by atoms with Crippen molar-refractivity contribution < 1.29 is 15.0 Å². The summed E-state index contributed by atoms with van der Waals surface area (Å²) in [5.74, 6) is 0.0310. The van der Waals surface area contributed by atoms with Crippen LogP contribution in [0.2, 0.25) is 0 Å². The van der Waals surface area contributed by atoms with E-state index < -0.39 is 12.0 Å². The molecule has 3 rings (SSSR count). The minimum absolute atomic E-state index is 0.0995. The molecule has 0 amide bonds. The third-order valence-corrected chi connectivity index (χ3v) is 4.54. The van der Waals surface area contributed by atoms with Crippen LogP contribution in [0.5, 0.6) is 5.75 Å². The summed E-state index contributed by atoms with van der Waals surface area (Å²) in [6, 6.07) is 4.75. The number of fused-ring (bicyclic) bond motifs is 1. The first-order valence-electron chi connectivity index (χ1n) is 6.03. The van der Waals surface area contributed by atoms with Gasteiger partial charge in [0.05, 0.1) is 5.37 Å². The lowest BCUT2D eigenvalue weighted by molar-refractivity contribution is -0.138. The van der Waals surface area contributed by atoms with Gasteiger partial charge in [-0.15, -0.1) is 11.8 Å². The van der Waals surface area contributed by atoms with Crippen molar-refractivity contribution in [1.82, 2.24) is 10.3 Å². The fraction of sp³-hybridized carbons (Fsp3) is 0.308. The van der Waals surface area contributed by atoms with Gasteiger partial charge in [0.1, 0.15) is 11.8 Å². The molecule has 0 aliphatic carbocycles. The largest absolute Gasteiger partial charge is 0.508 e. The van der Waals surface area contributed by atoms with E-state index >= 15 is 0 Å². The summed E-state index contributed by atoms with van der Waals surface area (Å²) in [6.07, 6.45) is 2.65. The summed E-state index contributed by atoms with van der Waals surface area (Å²) in [7, 11) is 0. The second-order valence-corrected chi connectivity index (χ2v) is 5.86. The quantitative estimate of drug-likeness (QED) is 0.684. The first-order chi connectivity index (χ1) is 9.13. The van der Waals surface area contributed by atoms with E-state index in [-0.39, 0.29) is 11.1 Å². The molecular weight excluding hydrogens is 264 g/mol. The van der Waals surface area contributed by atoms with Crippen molar-refractivity contribution in [3.8, 4) is 5.75 Å². The van der Waals surface area contributed by atoms with Gasteiger partial charge in [-0.25, -0.2) is 0 Å². The smallest absolute Gasteiger partial charge is 0.321 e. The Labute approximate surface area is 114 Å². The van der Waals surface area contributed by atoms with Crippen molar-refractivity contribution in [3.63, 3.8) is 0 Å². The Bertz CT molecular complexity index is 625. The number of carboxylic acid groups (broad SMARTS) is 1. The number of phenolic OH excluding ortho intramolecular Hbond substituents is 1. The highest BCUT2D eigenvalue weighted by Crippen LogP contribution is 2.28. The maximum Gasteiger partial charge on any atom is 0.321 e. The molecule has 0 radical (unpaired) electrons. The van der Waals surface area contributed by atoms with E-state index in [2.05, 4.69) is 10.3 Å². The maximum absolute atomic E-state index is 10.9. The molecular formula is C13H14N2O3S. The van der Waals surface area contributed by atoms with Crippen LogP contribution in [0.15, 0.2) is 24.4 Å². The second-order valence-electron chi connectivity index (χ2n) is 4.63. The lowest BCUT2D eigenvalue weighted by atomic mass is 10.1. The van der Waals surface area contributed by atoms with E-state index in [1.807, 2.05) is 12.3 Å². The van der Waals surface area contributed by atoms with Gasteiger partial charge in [-0.2, -0.15) is 0 Å². The molecule has 100 valence electrons. The van der Waals surface area contributed by atoms with Crippen molar-refractivity contribution in [2.24, 2.45) is 0 Å². The molecule has 19 heavy (non-hydrogen) atoms. The number of hydrogen-bond acceptors (Lipinski definition) is 4. The molecule has 0 spiro atoms. The van der Waals surface area contributed by atoms with Gasteiger partial charge in [-0.05, 0) is 30.2 Å². The van der Waals surface area contributed by atoms with Crippen LogP contribution in [0, 0.1) is 0 Å². The predicted octanol–water partition coefficient (Wildman–Crippen LogP) is 1.53. The molecule has 2 atom stereocenters. The SMILES string of the molecule is O=C(O)C1CSC(Cc2c[nH]c3ccc(O)cc23)N1. The van der Waals surface area contributed by atoms with E-state index in [1.165, 1.54) is 0 Å². The summed E-state index contributed by atoms with van der Waals surface area (Å²) in [5.41, 5.74) is 2.06. The number of H-pyrrole nitrogens is 1.